The molecule has 0 heterocycles. The van der Waals surface area contributed by atoms with Crippen LogP contribution in [-0.2, 0) is 6.61 Å². The number of ketones is 1. The highest BCUT2D eigenvalue weighted by Gasteiger charge is 2.07. The summed E-state index contributed by atoms with van der Waals surface area (Å²) < 4.78 is 5.87. The second-order valence-electron chi connectivity index (χ2n) is 9.31. The third kappa shape index (κ3) is 9.10. The molecule has 4 heteroatoms. The third-order valence-electron chi connectivity index (χ3n) is 6.23. The minimum atomic E-state index is -0.00322. The van der Waals surface area contributed by atoms with E-state index in [4.69, 9.17) is 4.74 Å². The van der Waals surface area contributed by atoms with Crippen LogP contribution in [0, 0.1) is 0 Å². The van der Waals surface area contributed by atoms with Crippen LogP contribution in [0.25, 0.3) is 0 Å². The maximum atomic E-state index is 12.7. The van der Waals surface area contributed by atoms with Crippen LogP contribution < -0.4 is 4.74 Å². The number of ether oxygens (including phenoxy) is 1. The van der Waals surface area contributed by atoms with Crippen molar-refractivity contribution in [1.82, 2.24) is 0 Å². The van der Waals surface area contributed by atoms with Crippen molar-refractivity contribution in [3.8, 4) is 5.75 Å². The zero-order chi connectivity index (χ0) is 29.4. The summed E-state index contributed by atoms with van der Waals surface area (Å²) in [4.78, 5) is 21.8. The number of hydrogen-bond donors (Lipinski definition) is 0. The Morgan fingerprint density at radius 3 is 1.62 bits per heavy atom. The highest BCUT2D eigenvalue weighted by molar-refractivity contribution is 6.09. The fourth-order valence-electron chi connectivity index (χ4n) is 4.09. The van der Waals surface area contributed by atoms with E-state index < -0.39 is 0 Å². The lowest BCUT2D eigenvalue weighted by atomic mass is 10.0. The Labute approximate surface area is 248 Å². The van der Waals surface area contributed by atoms with Crippen molar-refractivity contribution in [3.63, 3.8) is 0 Å². The summed E-state index contributed by atoms with van der Waals surface area (Å²) in [5, 5.41) is 0. The van der Waals surface area contributed by atoms with Crippen LogP contribution in [0.4, 0.5) is 11.4 Å². The zero-order valence-electron chi connectivity index (χ0n) is 23.9. The van der Waals surface area contributed by atoms with Crippen LogP contribution in [0.1, 0.15) is 35.3 Å². The summed E-state index contributed by atoms with van der Waals surface area (Å²) in [6.45, 7) is 4.50. The quantitative estimate of drug-likeness (QED) is 0.100. The first-order valence-corrected chi connectivity index (χ1v) is 13.9. The van der Waals surface area contributed by atoms with E-state index in [2.05, 4.69) is 9.98 Å². The normalized spacial score (nSPS) is 12.6. The molecule has 0 saturated heterocycles. The summed E-state index contributed by atoms with van der Waals surface area (Å²) in [7, 11) is 0. The average molecular weight is 551 g/mol. The second kappa shape index (κ2) is 16.0. The number of benzene rings is 4. The molecule has 0 atom stereocenters. The van der Waals surface area contributed by atoms with E-state index in [1.54, 1.807) is 12.4 Å². The summed E-state index contributed by atoms with van der Waals surface area (Å²) in [5.41, 5.74) is 6.03. The van der Waals surface area contributed by atoms with Gasteiger partial charge in [-0.3, -0.25) is 14.8 Å². The highest BCUT2D eigenvalue weighted by Crippen LogP contribution is 2.20. The molecule has 0 saturated carbocycles. The number of nitrogens with zero attached hydrogens (tertiary/aromatic N) is 2. The van der Waals surface area contributed by atoms with E-state index in [0.717, 1.165) is 33.8 Å². The monoisotopic (exact) mass is 550 g/mol. The molecule has 0 amide bonds. The number of rotatable bonds is 12. The summed E-state index contributed by atoms with van der Waals surface area (Å²) >= 11 is 0. The van der Waals surface area contributed by atoms with Gasteiger partial charge in [-0.15, -0.1) is 0 Å². The molecule has 0 unspecified atom stereocenters. The van der Waals surface area contributed by atoms with Crippen molar-refractivity contribution in [3.05, 3.63) is 173 Å². The Bertz CT molecular complexity index is 1610. The molecular weight excluding hydrogens is 516 g/mol. The molecule has 0 aliphatic heterocycles. The molecule has 0 aromatic heterocycles. The lowest BCUT2D eigenvalue weighted by Gasteiger charge is -2.06. The zero-order valence-corrected chi connectivity index (χ0v) is 23.9. The molecule has 0 aliphatic rings. The Morgan fingerprint density at radius 1 is 0.619 bits per heavy atom. The predicted octanol–water partition coefficient (Wildman–Crippen LogP) is 9.61. The Hall–Kier alpha value is -5.35. The third-order valence-corrected chi connectivity index (χ3v) is 6.23. The first-order valence-electron chi connectivity index (χ1n) is 13.9. The molecule has 4 nitrogen and oxygen atoms in total. The first-order chi connectivity index (χ1) is 20.7. The van der Waals surface area contributed by atoms with E-state index in [-0.39, 0.29) is 5.78 Å². The maximum Gasteiger partial charge on any atom is 0.193 e. The van der Waals surface area contributed by atoms with Gasteiger partial charge in [-0.2, -0.15) is 0 Å². The van der Waals surface area contributed by atoms with Crippen molar-refractivity contribution in [2.45, 2.75) is 20.5 Å². The minimum absolute atomic E-state index is 0.00322. The fourth-order valence-corrected chi connectivity index (χ4v) is 4.09. The fraction of sp³-hybridized carbons (Fsp3) is 0.0789. The molecule has 0 aliphatic carbocycles. The van der Waals surface area contributed by atoms with Crippen LogP contribution in [0.15, 0.2) is 167 Å². The largest absolute Gasteiger partial charge is 0.489 e. The van der Waals surface area contributed by atoms with Crippen molar-refractivity contribution in [2.75, 3.05) is 0 Å². The van der Waals surface area contributed by atoms with Crippen molar-refractivity contribution in [2.24, 2.45) is 9.98 Å². The smallest absolute Gasteiger partial charge is 0.193 e. The molecule has 0 N–H and O–H groups in total. The van der Waals surface area contributed by atoms with Gasteiger partial charge < -0.3 is 4.74 Å². The van der Waals surface area contributed by atoms with Gasteiger partial charge in [0.25, 0.3) is 0 Å². The van der Waals surface area contributed by atoms with Gasteiger partial charge in [0.05, 0.1) is 11.4 Å². The Kier molecular flexibility index (Phi) is 11.3. The second-order valence-corrected chi connectivity index (χ2v) is 9.31. The summed E-state index contributed by atoms with van der Waals surface area (Å²) in [6, 6.07) is 34.4. The van der Waals surface area contributed by atoms with Gasteiger partial charge in [0.1, 0.15) is 12.4 Å². The molecule has 208 valence electrons. The molecule has 4 rings (SSSR count). The van der Waals surface area contributed by atoms with E-state index in [1.165, 1.54) is 0 Å². The lowest BCUT2D eigenvalue weighted by Crippen LogP contribution is -1.99. The van der Waals surface area contributed by atoms with E-state index in [0.29, 0.717) is 17.7 Å². The number of hydrogen-bond acceptors (Lipinski definition) is 4. The number of carbonyl (C=O) groups is 1. The Balaban J connectivity index is 1.41. The van der Waals surface area contributed by atoms with Crippen LogP contribution in [-0.4, -0.2) is 18.2 Å². The first kappa shape index (κ1) is 29.6. The SMILES string of the molecule is C\C=C/C(=C/C=N/c1ccc(C(=O)c2ccccc2)cc1)C(/C=C\C)=C/C=N/c1ccc(OCc2ccccc2)cc1. The van der Waals surface area contributed by atoms with E-state index in [9.17, 15) is 4.79 Å². The molecule has 42 heavy (non-hydrogen) atoms. The van der Waals surface area contributed by atoms with Crippen molar-refractivity contribution in [1.29, 1.82) is 0 Å². The van der Waals surface area contributed by atoms with Crippen LogP contribution in [0.2, 0.25) is 0 Å². The molecule has 0 spiro atoms. The van der Waals surface area contributed by atoms with Crippen LogP contribution in [0.3, 0.4) is 0 Å². The molecular formula is C38H34N2O2. The summed E-state index contributed by atoms with van der Waals surface area (Å²) in [5.74, 6) is 0.800. The van der Waals surface area contributed by atoms with Crippen LogP contribution in [0.5, 0.6) is 5.75 Å². The lowest BCUT2D eigenvalue weighted by molar-refractivity contribution is 0.103. The molecule has 0 radical (unpaired) electrons. The van der Waals surface area contributed by atoms with Crippen molar-refractivity contribution < 1.29 is 9.53 Å². The van der Waals surface area contributed by atoms with Gasteiger partial charge in [0.2, 0.25) is 0 Å². The Morgan fingerprint density at radius 2 is 1.10 bits per heavy atom. The molecule has 0 bridgehead atoms. The van der Waals surface area contributed by atoms with Gasteiger partial charge in [-0.25, -0.2) is 0 Å². The predicted molar refractivity (Wildman–Crippen MR) is 176 cm³/mol. The van der Waals surface area contributed by atoms with Gasteiger partial charge in [-0.1, -0.05) is 85.0 Å². The molecule has 4 aromatic carbocycles. The molecule has 0 fully saturated rings. The standard InChI is InChI=1S/C38H34N2O2/c1-3-11-31(25-27-39-35-19-17-34(18-20-35)38(41)33-15-9-6-10-16-33)32(12-4-2)26-28-40-36-21-23-37(24-22-36)42-29-30-13-7-5-8-14-30/h3-28H,29H2,1-2H3/b11-3-,12-4-,31-25-,32-26+,39-27+,40-28+. The summed E-state index contributed by atoms with van der Waals surface area (Å²) in [6.07, 6.45) is 15.6. The van der Waals surface area contributed by atoms with Gasteiger partial charge in [0, 0.05) is 23.6 Å². The van der Waals surface area contributed by atoms with E-state index >= 15 is 0 Å². The highest BCUT2D eigenvalue weighted by atomic mass is 16.5. The van der Waals surface area contributed by atoms with E-state index in [1.807, 2.05) is 159 Å². The van der Waals surface area contributed by atoms with Gasteiger partial charge >= 0.3 is 0 Å². The van der Waals surface area contributed by atoms with Crippen LogP contribution >= 0.6 is 0 Å². The average Bonchev–Trinajstić information content (AvgIpc) is 3.04. The molecule has 4 aromatic rings. The number of allylic oxidation sites excluding steroid dienone is 8. The number of carbonyl (C=O) groups excluding carboxylic acids is 1. The van der Waals surface area contributed by atoms with Crippen molar-refractivity contribution >= 4 is 29.6 Å². The minimum Gasteiger partial charge on any atom is -0.489 e. The van der Waals surface area contributed by atoms with Gasteiger partial charge in [-0.05, 0) is 91.2 Å². The topological polar surface area (TPSA) is 51.0 Å². The number of aliphatic imine (C=N–C) groups is 2. The van der Waals surface area contributed by atoms with Gasteiger partial charge in [0.15, 0.2) is 5.78 Å². The maximum absolute atomic E-state index is 12.7.